The van der Waals surface area contributed by atoms with Crippen LogP contribution in [-0.4, -0.2) is 17.6 Å². The fourth-order valence-corrected chi connectivity index (χ4v) is 3.51. The number of ether oxygens (including phenoxy) is 1. The summed E-state index contributed by atoms with van der Waals surface area (Å²) in [5.74, 6) is -0.850. The lowest BCUT2D eigenvalue weighted by Gasteiger charge is -2.15. The van der Waals surface area contributed by atoms with Gasteiger partial charge in [-0.15, -0.1) is 11.8 Å². The first kappa shape index (κ1) is 20.6. The summed E-state index contributed by atoms with van der Waals surface area (Å²) in [6.45, 7) is -0.135. The highest BCUT2D eigenvalue weighted by Crippen LogP contribution is 2.23. The third-order valence-electron chi connectivity index (χ3n) is 4.06. The molecule has 0 saturated carbocycles. The second-order valence-electron chi connectivity index (χ2n) is 6.10. The van der Waals surface area contributed by atoms with Gasteiger partial charge in [-0.2, -0.15) is 0 Å². The second-order valence-corrected chi connectivity index (χ2v) is 7.14. The summed E-state index contributed by atoms with van der Waals surface area (Å²) >= 11 is 1.39. The van der Waals surface area contributed by atoms with Gasteiger partial charge in [0, 0.05) is 22.4 Å². The number of hydrogen-bond donors (Lipinski definition) is 1. The number of nitrogens with zero attached hydrogens (tertiary/aromatic N) is 1. The first-order valence-corrected chi connectivity index (χ1v) is 9.65. The Morgan fingerprint density at radius 3 is 2.55 bits per heavy atom. The molecule has 1 heterocycles. The van der Waals surface area contributed by atoms with Crippen molar-refractivity contribution in [2.24, 2.45) is 0 Å². The largest absolute Gasteiger partial charge is 0.491 e. The molecule has 0 fully saturated rings. The number of benzene rings is 2. The van der Waals surface area contributed by atoms with Gasteiger partial charge in [-0.25, -0.2) is 8.78 Å². The minimum Gasteiger partial charge on any atom is -0.491 e. The van der Waals surface area contributed by atoms with Crippen molar-refractivity contribution < 1.29 is 18.3 Å². The number of rotatable bonds is 7. The van der Waals surface area contributed by atoms with Crippen LogP contribution in [-0.2, 0) is 17.1 Å². The van der Waals surface area contributed by atoms with Crippen LogP contribution in [0.25, 0.3) is 0 Å². The van der Waals surface area contributed by atoms with Crippen molar-refractivity contribution in [3.8, 4) is 5.75 Å². The summed E-state index contributed by atoms with van der Waals surface area (Å²) in [5.41, 5.74) is 0.342. The van der Waals surface area contributed by atoms with E-state index in [0.29, 0.717) is 11.4 Å². The molecule has 3 rings (SSSR count). The number of para-hydroxylation sites is 1. The Morgan fingerprint density at radius 2 is 1.86 bits per heavy atom. The van der Waals surface area contributed by atoms with E-state index < -0.39 is 11.7 Å². The monoisotopic (exact) mass is 416 g/mol. The third kappa shape index (κ3) is 5.45. The van der Waals surface area contributed by atoms with Gasteiger partial charge in [-0.3, -0.25) is 9.59 Å². The van der Waals surface area contributed by atoms with Crippen molar-refractivity contribution in [2.45, 2.75) is 17.2 Å². The molecule has 0 saturated heterocycles. The Kier molecular flexibility index (Phi) is 6.66. The number of amides is 1. The summed E-state index contributed by atoms with van der Waals surface area (Å²) in [6, 6.07) is 13.2. The highest BCUT2D eigenvalue weighted by molar-refractivity contribution is 7.98. The zero-order valence-electron chi connectivity index (χ0n) is 15.5. The number of halogens is 2. The van der Waals surface area contributed by atoms with Gasteiger partial charge in [-0.05, 0) is 36.4 Å². The SMILES string of the molecule is COc1cn(CC(=O)Nc2ccccc2F)c(CSc2ccc(F)cc2)cc1=O. The normalized spacial score (nSPS) is 10.6. The van der Waals surface area contributed by atoms with Crippen LogP contribution in [0.1, 0.15) is 5.69 Å². The van der Waals surface area contributed by atoms with Crippen molar-refractivity contribution in [3.63, 3.8) is 0 Å². The van der Waals surface area contributed by atoms with Crippen molar-refractivity contribution >= 4 is 23.4 Å². The molecular weight excluding hydrogens is 398 g/mol. The smallest absolute Gasteiger partial charge is 0.244 e. The molecule has 29 heavy (non-hydrogen) atoms. The van der Waals surface area contributed by atoms with Crippen molar-refractivity contribution in [2.75, 3.05) is 12.4 Å². The summed E-state index contributed by atoms with van der Waals surface area (Å²) < 4.78 is 33.5. The minimum absolute atomic E-state index is 0.0766. The highest BCUT2D eigenvalue weighted by atomic mass is 32.2. The molecule has 1 amide bonds. The first-order chi connectivity index (χ1) is 14.0. The lowest BCUT2D eigenvalue weighted by atomic mass is 10.3. The third-order valence-corrected chi connectivity index (χ3v) is 5.11. The van der Waals surface area contributed by atoms with Gasteiger partial charge < -0.3 is 14.6 Å². The van der Waals surface area contributed by atoms with E-state index >= 15 is 0 Å². The maximum atomic E-state index is 13.8. The predicted molar refractivity (Wildman–Crippen MR) is 108 cm³/mol. The Hall–Kier alpha value is -3.13. The molecular formula is C21H18F2N2O3S. The van der Waals surface area contributed by atoms with Crippen LogP contribution in [0.5, 0.6) is 5.75 Å². The predicted octanol–water partition coefficient (Wildman–Crippen LogP) is 4.07. The van der Waals surface area contributed by atoms with Crippen LogP contribution in [0.2, 0.25) is 0 Å². The van der Waals surface area contributed by atoms with E-state index in [1.54, 1.807) is 22.8 Å². The van der Waals surface area contributed by atoms with E-state index in [1.807, 2.05) is 0 Å². The number of aromatic nitrogens is 1. The van der Waals surface area contributed by atoms with Gasteiger partial charge in [-0.1, -0.05) is 12.1 Å². The Labute approximate surface area is 170 Å². The molecule has 150 valence electrons. The quantitative estimate of drug-likeness (QED) is 0.590. The zero-order chi connectivity index (χ0) is 20.8. The number of anilines is 1. The number of carbonyl (C=O) groups is 1. The maximum Gasteiger partial charge on any atom is 0.244 e. The summed E-state index contributed by atoms with van der Waals surface area (Å²) in [6.07, 6.45) is 1.45. The summed E-state index contributed by atoms with van der Waals surface area (Å²) in [5, 5.41) is 2.52. The average Bonchev–Trinajstić information content (AvgIpc) is 2.71. The van der Waals surface area contributed by atoms with E-state index in [2.05, 4.69) is 5.32 Å². The molecule has 5 nitrogen and oxygen atoms in total. The molecule has 1 aromatic heterocycles. The van der Waals surface area contributed by atoms with Crippen LogP contribution in [0.3, 0.4) is 0 Å². The molecule has 0 unspecified atom stereocenters. The van der Waals surface area contributed by atoms with Gasteiger partial charge in [0.1, 0.15) is 18.2 Å². The van der Waals surface area contributed by atoms with E-state index in [0.717, 1.165) is 4.90 Å². The van der Waals surface area contributed by atoms with Gasteiger partial charge in [0.15, 0.2) is 5.75 Å². The minimum atomic E-state index is -0.537. The topological polar surface area (TPSA) is 60.3 Å². The van der Waals surface area contributed by atoms with Gasteiger partial charge in [0.25, 0.3) is 0 Å². The molecule has 2 aromatic carbocycles. The van der Waals surface area contributed by atoms with Crippen molar-refractivity contribution in [1.82, 2.24) is 4.57 Å². The Balaban J connectivity index is 1.80. The van der Waals surface area contributed by atoms with Gasteiger partial charge in [0.2, 0.25) is 11.3 Å². The number of hydrogen-bond acceptors (Lipinski definition) is 4. The van der Waals surface area contributed by atoms with E-state index in [9.17, 15) is 18.4 Å². The Bertz CT molecular complexity index is 1070. The number of thioether (sulfide) groups is 1. The Morgan fingerprint density at radius 1 is 1.14 bits per heavy atom. The molecule has 0 aliphatic carbocycles. The zero-order valence-corrected chi connectivity index (χ0v) is 16.3. The summed E-state index contributed by atoms with van der Waals surface area (Å²) in [4.78, 5) is 25.4. The molecule has 0 spiro atoms. The standard InChI is InChI=1S/C21H18F2N2O3S/c1-28-20-11-25(12-21(27)24-18-5-3-2-4-17(18)23)15(10-19(20)26)13-29-16-8-6-14(22)7-9-16/h2-11H,12-13H2,1H3,(H,24,27). The average molecular weight is 416 g/mol. The van der Waals surface area contributed by atoms with Crippen LogP contribution in [0, 0.1) is 11.6 Å². The van der Waals surface area contributed by atoms with Crippen molar-refractivity contribution in [1.29, 1.82) is 0 Å². The molecule has 0 radical (unpaired) electrons. The highest BCUT2D eigenvalue weighted by Gasteiger charge is 2.12. The van der Waals surface area contributed by atoms with Crippen LogP contribution >= 0.6 is 11.8 Å². The second kappa shape index (κ2) is 9.38. The number of pyridine rings is 1. The lowest BCUT2D eigenvalue weighted by molar-refractivity contribution is -0.116. The van der Waals surface area contributed by atoms with E-state index in [-0.39, 0.29) is 29.2 Å². The maximum absolute atomic E-state index is 13.8. The fourth-order valence-electron chi connectivity index (χ4n) is 2.61. The molecule has 3 aromatic rings. The molecule has 1 N–H and O–H groups in total. The van der Waals surface area contributed by atoms with E-state index in [4.69, 9.17) is 4.74 Å². The molecule has 0 atom stereocenters. The van der Waals surface area contributed by atoms with Crippen LogP contribution < -0.4 is 15.5 Å². The number of nitrogens with one attached hydrogen (secondary N) is 1. The fraction of sp³-hybridized carbons (Fsp3) is 0.143. The molecule has 0 bridgehead atoms. The van der Waals surface area contributed by atoms with Gasteiger partial charge in [0.05, 0.1) is 19.0 Å². The number of carbonyl (C=O) groups excluding carboxylic acids is 1. The van der Waals surface area contributed by atoms with Crippen LogP contribution in [0.15, 0.2) is 70.5 Å². The summed E-state index contributed by atoms with van der Waals surface area (Å²) in [7, 11) is 1.37. The lowest BCUT2D eigenvalue weighted by Crippen LogP contribution is -2.23. The molecule has 0 aliphatic heterocycles. The van der Waals surface area contributed by atoms with Crippen molar-refractivity contribution in [3.05, 3.63) is 88.3 Å². The molecule has 0 aliphatic rings. The van der Waals surface area contributed by atoms with Crippen LogP contribution in [0.4, 0.5) is 14.5 Å². The number of methoxy groups -OCH3 is 1. The van der Waals surface area contributed by atoms with E-state index in [1.165, 1.54) is 61.5 Å². The molecule has 8 heteroatoms. The first-order valence-electron chi connectivity index (χ1n) is 8.66. The van der Waals surface area contributed by atoms with Gasteiger partial charge >= 0.3 is 0 Å².